The van der Waals surface area contributed by atoms with Gasteiger partial charge < -0.3 is 4.90 Å². The minimum atomic E-state index is -0.114. The Hall–Kier alpha value is -2.08. The van der Waals surface area contributed by atoms with E-state index < -0.39 is 0 Å². The lowest BCUT2D eigenvalue weighted by Crippen LogP contribution is -2.46. The third-order valence-electron chi connectivity index (χ3n) is 6.93. The van der Waals surface area contributed by atoms with E-state index in [1.165, 1.54) is 0 Å². The van der Waals surface area contributed by atoms with Crippen LogP contribution in [-0.2, 0) is 5.41 Å². The lowest BCUT2D eigenvalue weighted by atomic mass is 9.74. The highest BCUT2D eigenvalue weighted by Gasteiger charge is 2.46. The maximum Gasteiger partial charge on any atom is 0.258 e. The Bertz CT molecular complexity index is 1300. The number of amides is 1. The van der Waals surface area contributed by atoms with Gasteiger partial charge in [-0.15, -0.1) is 0 Å². The minimum absolute atomic E-state index is 0.0678. The van der Waals surface area contributed by atoms with Gasteiger partial charge >= 0.3 is 0 Å². The standard InChI is InChI=1S/C27H23Cl4N3O/c28-20-4-6-24-21(16-20)27(17-34(24)26(35)19-7-10-32-25(31)15-19)8-12-33(13-9-27)11-1-2-18-3-5-22(29)23(30)14-18/h1-7,10,14-16H,8-9,11-13,17H2. The van der Waals surface area contributed by atoms with Gasteiger partial charge in [-0.1, -0.05) is 64.6 Å². The molecule has 5 rings (SSSR count). The summed E-state index contributed by atoms with van der Waals surface area (Å²) in [5.74, 6) is -0.0678. The van der Waals surface area contributed by atoms with Crippen molar-refractivity contribution in [1.82, 2.24) is 9.88 Å². The summed E-state index contributed by atoms with van der Waals surface area (Å²) >= 11 is 24.6. The molecule has 0 bridgehead atoms. The summed E-state index contributed by atoms with van der Waals surface area (Å²) in [6.45, 7) is 3.34. The zero-order valence-corrected chi connectivity index (χ0v) is 21.9. The summed E-state index contributed by atoms with van der Waals surface area (Å²) in [5.41, 5.74) is 3.53. The van der Waals surface area contributed by atoms with Gasteiger partial charge in [-0.25, -0.2) is 4.98 Å². The van der Waals surface area contributed by atoms with Crippen LogP contribution in [0.1, 0.15) is 34.3 Å². The second kappa shape index (κ2) is 10.1. The van der Waals surface area contributed by atoms with Crippen molar-refractivity contribution in [1.29, 1.82) is 0 Å². The highest BCUT2D eigenvalue weighted by atomic mass is 35.5. The Balaban J connectivity index is 1.31. The molecule has 0 N–H and O–H groups in total. The smallest absolute Gasteiger partial charge is 0.258 e. The Kier molecular flexibility index (Phi) is 7.11. The number of hydrogen-bond acceptors (Lipinski definition) is 3. The number of likely N-dealkylation sites (tertiary alicyclic amines) is 1. The fourth-order valence-corrected chi connectivity index (χ4v) is 5.71. The average molecular weight is 547 g/mol. The Morgan fingerprint density at radius 1 is 0.971 bits per heavy atom. The molecule has 180 valence electrons. The fraction of sp³-hybridized carbons (Fsp3) is 0.259. The van der Waals surface area contributed by atoms with E-state index in [1.54, 1.807) is 18.3 Å². The van der Waals surface area contributed by atoms with Gasteiger partial charge in [0.1, 0.15) is 5.15 Å². The van der Waals surface area contributed by atoms with Gasteiger partial charge in [-0.05, 0) is 79.5 Å². The van der Waals surface area contributed by atoms with Gasteiger partial charge in [0.15, 0.2) is 0 Å². The molecule has 4 nitrogen and oxygen atoms in total. The highest BCUT2D eigenvalue weighted by Crippen LogP contribution is 2.48. The van der Waals surface area contributed by atoms with E-state index in [9.17, 15) is 4.79 Å². The van der Waals surface area contributed by atoms with Crippen molar-refractivity contribution in [3.63, 3.8) is 0 Å². The van der Waals surface area contributed by atoms with Gasteiger partial charge in [0.05, 0.1) is 10.0 Å². The number of anilines is 1. The molecule has 1 saturated heterocycles. The molecule has 35 heavy (non-hydrogen) atoms. The number of fused-ring (bicyclic) bond motifs is 2. The predicted molar refractivity (Wildman–Crippen MR) is 145 cm³/mol. The molecule has 3 aromatic rings. The summed E-state index contributed by atoms with van der Waals surface area (Å²) in [5, 5.41) is 2.11. The van der Waals surface area contributed by atoms with Crippen molar-refractivity contribution in [2.75, 3.05) is 31.1 Å². The first kappa shape index (κ1) is 24.6. The monoisotopic (exact) mass is 545 g/mol. The molecule has 1 aromatic heterocycles. The zero-order valence-electron chi connectivity index (χ0n) is 18.9. The van der Waals surface area contributed by atoms with Gasteiger partial charge in [0.2, 0.25) is 0 Å². The Morgan fingerprint density at radius 3 is 2.51 bits per heavy atom. The number of benzene rings is 2. The second-order valence-electron chi connectivity index (χ2n) is 9.08. The maximum absolute atomic E-state index is 13.4. The first-order valence-electron chi connectivity index (χ1n) is 11.4. The molecule has 1 amide bonds. The van der Waals surface area contributed by atoms with E-state index in [0.717, 1.165) is 49.3 Å². The number of carbonyl (C=O) groups is 1. The zero-order chi connectivity index (χ0) is 24.6. The molecule has 0 atom stereocenters. The number of nitrogens with zero attached hydrogens (tertiary/aromatic N) is 3. The predicted octanol–water partition coefficient (Wildman–Crippen LogP) is 7.40. The highest BCUT2D eigenvalue weighted by molar-refractivity contribution is 6.42. The van der Waals surface area contributed by atoms with E-state index in [4.69, 9.17) is 46.4 Å². The molecule has 8 heteroatoms. The van der Waals surface area contributed by atoms with Crippen LogP contribution < -0.4 is 4.90 Å². The molecule has 1 fully saturated rings. The number of piperidine rings is 1. The SMILES string of the molecule is O=C(c1ccnc(Cl)c1)N1CC2(CCN(CC=Cc3ccc(Cl)c(Cl)c3)CC2)c2cc(Cl)ccc21. The molecule has 3 heterocycles. The number of rotatable bonds is 4. The molecule has 0 radical (unpaired) electrons. The van der Waals surface area contributed by atoms with Gasteiger partial charge in [-0.2, -0.15) is 0 Å². The molecular formula is C27H23Cl4N3O. The quantitative estimate of drug-likeness (QED) is 0.320. The lowest BCUT2D eigenvalue weighted by molar-refractivity contribution is 0.0977. The third kappa shape index (κ3) is 5.09. The van der Waals surface area contributed by atoms with Crippen molar-refractivity contribution >= 4 is 64.1 Å². The summed E-state index contributed by atoms with van der Waals surface area (Å²) in [6, 6.07) is 14.8. The molecular weight excluding hydrogens is 524 g/mol. The fourth-order valence-electron chi connectivity index (χ4n) is 5.06. The van der Waals surface area contributed by atoms with E-state index in [2.05, 4.69) is 22.0 Å². The number of hydrogen-bond donors (Lipinski definition) is 0. The lowest BCUT2D eigenvalue weighted by Gasteiger charge is -2.39. The van der Waals surface area contributed by atoms with Crippen molar-refractivity contribution in [2.45, 2.75) is 18.3 Å². The van der Waals surface area contributed by atoms with Crippen LogP contribution in [0.4, 0.5) is 5.69 Å². The van der Waals surface area contributed by atoms with Crippen LogP contribution in [0.25, 0.3) is 6.08 Å². The number of carbonyl (C=O) groups excluding carboxylic acids is 1. The van der Waals surface area contributed by atoms with Crippen molar-refractivity contribution < 1.29 is 4.79 Å². The Morgan fingerprint density at radius 2 is 1.77 bits per heavy atom. The third-order valence-corrected chi connectivity index (χ3v) is 8.11. The van der Waals surface area contributed by atoms with Crippen molar-refractivity contribution in [3.8, 4) is 0 Å². The van der Waals surface area contributed by atoms with Gasteiger partial charge in [0.25, 0.3) is 5.91 Å². The summed E-state index contributed by atoms with van der Waals surface area (Å²) < 4.78 is 0. The average Bonchev–Trinajstić information content (AvgIpc) is 3.15. The van der Waals surface area contributed by atoms with E-state index in [-0.39, 0.29) is 11.3 Å². The molecule has 1 spiro atoms. The summed E-state index contributed by atoms with van der Waals surface area (Å²) in [7, 11) is 0. The molecule has 2 aromatic carbocycles. The summed E-state index contributed by atoms with van der Waals surface area (Å²) in [6.07, 6.45) is 7.68. The molecule has 0 aliphatic carbocycles. The van der Waals surface area contributed by atoms with Gasteiger partial charge in [-0.3, -0.25) is 9.69 Å². The van der Waals surface area contributed by atoms with Crippen LogP contribution in [0, 0.1) is 0 Å². The van der Waals surface area contributed by atoms with Crippen LogP contribution in [0.5, 0.6) is 0 Å². The molecule has 2 aliphatic heterocycles. The van der Waals surface area contributed by atoms with Crippen LogP contribution in [-0.4, -0.2) is 42.0 Å². The normalized spacial score (nSPS) is 17.3. The van der Waals surface area contributed by atoms with Crippen LogP contribution >= 0.6 is 46.4 Å². The van der Waals surface area contributed by atoms with Crippen molar-refractivity contribution in [2.24, 2.45) is 0 Å². The van der Waals surface area contributed by atoms with Gasteiger partial charge in [0, 0.05) is 41.0 Å². The van der Waals surface area contributed by atoms with Crippen LogP contribution in [0.15, 0.2) is 60.8 Å². The van der Waals surface area contributed by atoms with Crippen LogP contribution in [0.3, 0.4) is 0 Å². The van der Waals surface area contributed by atoms with Crippen LogP contribution in [0.2, 0.25) is 20.2 Å². The van der Waals surface area contributed by atoms with E-state index in [0.29, 0.717) is 32.3 Å². The first-order chi connectivity index (χ1) is 16.8. The topological polar surface area (TPSA) is 36.4 Å². The molecule has 0 unspecified atom stereocenters. The first-order valence-corrected chi connectivity index (χ1v) is 12.9. The Labute approximate surface area is 225 Å². The largest absolute Gasteiger partial charge is 0.307 e. The molecule has 0 saturated carbocycles. The van der Waals surface area contributed by atoms with E-state index >= 15 is 0 Å². The maximum atomic E-state index is 13.4. The second-order valence-corrected chi connectivity index (χ2v) is 10.7. The summed E-state index contributed by atoms with van der Waals surface area (Å²) in [4.78, 5) is 21.7. The number of halogens is 4. The minimum Gasteiger partial charge on any atom is -0.307 e. The number of aromatic nitrogens is 1. The number of pyridine rings is 1. The van der Waals surface area contributed by atoms with Crippen molar-refractivity contribution in [3.05, 3.63) is 97.7 Å². The molecule has 2 aliphatic rings. The van der Waals surface area contributed by atoms with E-state index in [1.807, 2.05) is 41.3 Å².